The molecule has 4 heterocycles. The maximum Gasteiger partial charge on any atom is 0.234 e. The number of piperidine rings is 2. The molecule has 4 aromatic rings. The average molecular weight is 709 g/mol. The van der Waals surface area contributed by atoms with Crippen LogP contribution in [0, 0.1) is 11.3 Å². The Morgan fingerprint density at radius 2 is 1.40 bits per heavy atom. The molecule has 1 unspecified atom stereocenters. The molecular formula is C46H52N4O3. The van der Waals surface area contributed by atoms with Crippen molar-refractivity contribution in [2.75, 3.05) is 55.6 Å². The highest BCUT2D eigenvalue weighted by Gasteiger charge is 2.44. The monoisotopic (exact) mass is 708 g/mol. The number of imide groups is 1. The molecule has 0 bridgehead atoms. The molecule has 0 radical (unpaired) electrons. The summed E-state index contributed by atoms with van der Waals surface area (Å²) < 4.78 is 0. The average Bonchev–Trinajstić information content (AvgIpc) is 3.80. The molecule has 4 saturated heterocycles. The zero-order valence-electron chi connectivity index (χ0n) is 30.8. The summed E-state index contributed by atoms with van der Waals surface area (Å²) >= 11 is 0. The Bertz CT molecular complexity index is 1940. The minimum Gasteiger partial charge on any atom is -0.508 e. The molecule has 4 aromatic carbocycles. The van der Waals surface area contributed by atoms with Crippen LogP contribution in [0.3, 0.4) is 0 Å². The lowest BCUT2D eigenvalue weighted by molar-refractivity contribution is -0.134. The first-order valence-electron chi connectivity index (χ1n) is 20.0. The molecule has 4 atom stereocenters. The van der Waals surface area contributed by atoms with Crippen molar-refractivity contribution < 1.29 is 14.7 Å². The smallest absolute Gasteiger partial charge is 0.234 e. The summed E-state index contributed by atoms with van der Waals surface area (Å²) in [5, 5.41) is 12.7. The molecule has 4 aliphatic heterocycles. The fourth-order valence-electron chi connectivity index (χ4n) is 10.5. The fraction of sp³-hybridized carbons (Fsp3) is 0.435. The summed E-state index contributed by atoms with van der Waals surface area (Å²) in [5.41, 5.74) is 9.36. The van der Waals surface area contributed by atoms with Crippen LogP contribution in [0.2, 0.25) is 0 Å². The first-order chi connectivity index (χ1) is 25.9. The predicted molar refractivity (Wildman–Crippen MR) is 211 cm³/mol. The number of carbonyl (C=O) groups is 2. The number of hydrogen-bond acceptors (Lipinski definition) is 6. The number of anilines is 2. The van der Waals surface area contributed by atoms with Gasteiger partial charge in [-0.2, -0.15) is 0 Å². The summed E-state index contributed by atoms with van der Waals surface area (Å²) in [6.07, 6.45) is 8.09. The van der Waals surface area contributed by atoms with Crippen molar-refractivity contribution in [2.45, 2.75) is 69.1 Å². The van der Waals surface area contributed by atoms with Gasteiger partial charge in [0.25, 0.3) is 0 Å². The van der Waals surface area contributed by atoms with Crippen molar-refractivity contribution >= 4 is 23.2 Å². The van der Waals surface area contributed by atoms with E-state index in [2.05, 4.69) is 105 Å². The molecule has 0 aromatic heterocycles. The van der Waals surface area contributed by atoms with Crippen molar-refractivity contribution in [1.29, 1.82) is 0 Å². The molecule has 4 fully saturated rings. The van der Waals surface area contributed by atoms with Crippen LogP contribution in [0.1, 0.15) is 90.5 Å². The number of phenols is 1. The van der Waals surface area contributed by atoms with Crippen molar-refractivity contribution in [3.8, 4) is 5.75 Å². The lowest BCUT2D eigenvalue weighted by Crippen LogP contribution is -2.39. The van der Waals surface area contributed by atoms with Crippen LogP contribution >= 0.6 is 0 Å². The highest BCUT2D eigenvalue weighted by molar-refractivity contribution is 6.00. The van der Waals surface area contributed by atoms with Gasteiger partial charge in [0.2, 0.25) is 11.8 Å². The van der Waals surface area contributed by atoms with E-state index >= 15 is 0 Å². The van der Waals surface area contributed by atoms with Gasteiger partial charge in [-0.3, -0.25) is 14.9 Å². The van der Waals surface area contributed by atoms with Crippen molar-refractivity contribution in [2.24, 2.45) is 11.3 Å². The van der Waals surface area contributed by atoms with Crippen molar-refractivity contribution in [3.63, 3.8) is 0 Å². The van der Waals surface area contributed by atoms with E-state index in [1.165, 1.54) is 78.9 Å². The van der Waals surface area contributed by atoms with Gasteiger partial charge in [0, 0.05) is 68.4 Å². The number of hydrogen-bond donors (Lipinski definition) is 2. The van der Waals surface area contributed by atoms with E-state index in [-0.39, 0.29) is 23.7 Å². The molecule has 1 spiro atoms. The fourth-order valence-corrected chi connectivity index (χ4v) is 10.5. The van der Waals surface area contributed by atoms with Gasteiger partial charge in [0.05, 0.1) is 5.92 Å². The van der Waals surface area contributed by atoms with Gasteiger partial charge in [-0.1, -0.05) is 60.7 Å². The van der Waals surface area contributed by atoms with Gasteiger partial charge in [0.15, 0.2) is 0 Å². The third-order valence-electron chi connectivity index (χ3n) is 13.4. The molecule has 1 aliphatic carbocycles. The van der Waals surface area contributed by atoms with Gasteiger partial charge >= 0.3 is 0 Å². The van der Waals surface area contributed by atoms with Gasteiger partial charge in [-0.25, -0.2) is 0 Å². The van der Waals surface area contributed by atoms with Gasteiger partial charge in [0.1, 0.15) is 5.75 Å². The van der Waals surface area contributed by atoms with E-state index in [9.17, 15) is 14.7 Å². The van der Waals surface area contributed by atoms with Crippen LogP contribution in [0.5, 0.6) is 5.75 Å². The quantitative estimate of drug-likeness (QED) is 0.193. The van der Waals surface area contributed by atoms with Crippen LogP contribution in [-0.4, -0.2) is 67.6 Å². The maximum atomic E-state index is 12.4. The van der Waals surface area contributed by atoms with E-state index in [1.54, 1.807) is 0 Å². The molecule has 9 rings (SSSR count). The van der Waals surface area contributed by atoms with Gasteiger partial charge in [-0.15, -0.1) is 0 Å². The van der Waals surface area contributed by atoms with E-state index < -0.39 is 0 Å². The molecule has 5 aliphatic rings. The van der Waals surface area contributed by atoms with Crippen LogP contribution in [0.4, 0.5) is 11.4 Å². The summed E-state index contributed by atoms with van der Waals surface area (Å²) in [6.45, 7) is 8.05. The zero-order valence-corrected chi connectivity index (χ0v) is 30.8. The van der Waals surface area contributed by atoms with Crippen molar-refractivity contribution in [1.82, 2.24) is 10.2 Å². The Morgan fingerprint density at radius 1 is 0.679 bits per heavy atom. The Morgan fingerprint density at radius 3 is 2.15 bits per heavy atom. The molecule has 2 N–H and O–H groups in total. The lowest BCUT2D eigenvalue weighted by atomic mass is 9.69. The van der Waals surface area contributed by atoms with Crippen LogP contribution < -0.4 is 15.1 Å². The standard InChI is InChI=1S/C46H52N4O3/c51-39-15-17-41-36(28-39)10-16-40(33-4-2-1-3-5-33)44(41)35-8-13-37(14-9-35)49-24-20-32(21-25-49)29-48-26-22-46(30-48)23-27-50(31-46)38-11-6-34(7-12-38)42-18-19-43(52)47-45(42)53/h1-9,11-15,17,28,32,40,42,44,51H,10,16,18-27,29-31H2,(H,47,52,53)/t40-,42?,44+,46-/m1/s1. The highest BCUT2D eigenvalue weighted by atomic mass is 16.3. The minimum atomic E-state index is -0.224. The third-order valence-corrected chi connectivity index (χ3v) is 13.4. The van der Waals surface area contributed by atoms with Crippen LogP contribution in [0.15, 0.2) is 97.1 Å². The zero-order chi connectivity index (χ0) is 35.9. The second-order valence-electron chi connectivity index (χ2n) is 16.7. The molecule has 0 saturated carbocycles. The van der Waals surface area contributed by atoms with E-state index in [0.29, 0.717) is 29.9 Å². The van der Waals surface area contributed by atoms with Gasteiger partial charge < -0.3 is 19.8 Å². The highest BCUT2D eigenvalue weighted by Crippen LogP contribution is 2.47. The summed E-state index contributed by atoms with van der Waals surface area (Å²) in [4.78, 5) is 31.8. The number of nitrogens with one attached hydrogen (secondary N) is 1. The topological polar surface area (TPSA) is 76.1 Å². The molecular weight excluding hydrogens is 657 g/mol. The number of fused-ring (bicyclic) bond motifs is 1. The molecule has 7 nitrogen and oxygen atoms in total. The molecule has 2 amide bonds. The first-order valence-corrected chi connectivity index (χ1v) is 20.0. The maximum absolute atomic E-state index is 12.4. The molecule has 53 heavy (non-hydrogen) atoms. The largest absolute Gasteiger partial charge is 0.508 e. The van der Waals surface area contributed by atoms with Crippen LogP contribution in [0.25, 0.3) is 0 Å². The number of amides is 2. The number of rotatable bonds is 7. The lowest BCUT2D eigenvalue weighted by Gasteiger charge is -2.37. The third kappa shape index (κ3) is 6.96. The molecule has 7 heteroatoms. The number of nitrogens with zero attached hydrogens (tertiary/aromatic N) is 3. The summed E-state index contributed by atoms with van der Waals surface area (Å²) in [7, 11) is 0. The Labute approximate surface area is 314 Å². The number of phenolic OH excluding ortho intramolecular Hbond substituents is 1. The Balaban J connectivity index is 0.786. The predicted octanol–water partition coefficient (Wildman–Crippen LogP) is 7.59. The summed E-state index contributed by atoms with van der Waals surface area (Å²) in [6, 6.07) is 34.9. The number of likely N-dealkylation sites (tertiary alicyclic amines) is 1. The number of aryl methyl sites for hydroxylation is 1. The number of carbonyl (C=O) groups excluding carboxylic acids is 2. The number of benzene rings is 4. The second kappa shape index (κ2) is 14.3. The molecule has 274 valence electrons. The van der Waals surface area contributed by atoms with Gasteiger partial charge in [-0.05, 0) is 128 Å². The second-order valence-corrected chi connectivity index (χ2v) is 16.7. The minimum absolute atomic E-state index is 0.161. The van der Waals surface area contributed by atoms with Crippen LogP contribution in [-0.2, 0) is 16.0 Å². The van der Waals surface area contributed by atoms with E-state index in [1.807, 2.05) is 12.1 Å². The van der Waals surface area contributed by atoms with Crippen molar-refractivity contribution in [3.05, 3.63) is 125 Å². The Kier molecular flexibility index (Phi) is 9.23. The first kappa shape index (κ1) is 34.2. The normalized spacial score (nSPS) is 26.6. The number of aromatic hydroxyl groups is 1. The van der Waals surface area contributed by atoms with E-state index in [0.717, 1.165) is 50.5 Å². The van der Waals surface area contributed by atoms with E-state index in [4.69, 9.17) is 0 Å². The Hall–Kier alpha value is -4.62. The SMILES string of the molecule is O=C1CCC(c2ccc(N3CC[C@@]4(CCN(CC5CCN(c6ccc([C@@H]7c8ccc(O)cc8CC[C@@H]7c7ccccc7)cc6)CC5)C4)C3)cc2)C(=O)N1. The summed E-state index contributed by atoms with van der Waals surface area (Å²) in [5.74, 6) is 1.26.